The lowest BCUT2D eigenvalue weighted by atomic mass is 10.0. The first-order valence-electron chi connectivity index (χ1n) is 7.52. The molecule has 0 saturated heterocycles. The van der Waals surface area contributed by atoms with Crippen molar-refractivity contribution in [2.75, 3.05) is 0 Å². The van der Waals surface area contributed by atoms with E-state index in [1.165, 1.54) is 12.1 Å². The maximum atomic E-state index is 13.2. The quantitative estimate of drug-likeness (QED) is 0.675. The second-order valence-corrected chi connectivity index (χ2v) is 5.18. The molecular formula is C20H21FN2. The van der Waals surface area contributed by atoms with Crippen molar-refractivity contribution in [3.8, 4) is 0 Å². The molecule has 0 saturated carbocycles. The number of benzene rings is 1. The van der Waals surface area contributed by atoms with Crippen LogP contribution in [0.25, 0.3) is 5.70 Å². The second-order valence-electron chi connectivity index (χ2n) is 5.18. The molecule has 0 spiro atoms. The van der Waals surface area contributed by atoms with Gasteiger partial charge in [0.25, 0.3) is 0 Å². The third-order valence-corrected chi connectivity index (χ3v) is 3.58. The predicted molar refractivity (Wildman–Crippen MR) is 96.2 cm³/mol. The molecule has 1 heterocycles. The summed E-state index contributed by atoms with van der Waals surface area (Å²) in [5.74, 6) is -0.242. The highest BCUT2D eigenvalue weighted by Gasteiger charge is 2.15. The number of aliphatic imine (C=N–C) groups is 1. The predicted octanol–water partition coefficient (Wildman–Crippen LogP) is 5.45. The van der Waals surface area contributed by atoms with Gasteiger partial charge in [0.1, 0.15) is 5.82 Å². The van der Waals surface area contributed by atoms with E-state index in [-0.39, 0.29) is 5.82 Å². The zero-order chi connectivity index (χ0) is 16.8. The Labute approximate surface area is 137 Å². The zero-order valence-electron chi connectivity index (χ0n) is 13.8. The molecule has 0 atom stereocenters. The lowest BCUT2D eigenvalue weighted by molar-refractivity contribution is 0.626. The Morgan fingerprint density at radius 1 is 1.17 bits per heavy atom. The summed E-state index contributed by atoms with van der Waals surface area (Å²) in [7, 11) is 0. The molecule has 118 valence electrons. The van der Waals surface area contributed by atoms with Crippen LogP contribution in [0.15, 0.2) is 83.3 Å². The SMILES string of the molecule is C=C1C=CC(/C(C)=C/N=CC)=CN1/C(=C\C)c1ccc(F)cc1. The van der Waals surface area contributed by atoms with E-state index in [9.17, 15) is 4.39 Å². The van der Waals surface area contributed by atoms with E-state index < -0.39 is 0 Å². The number of nitrogens with zero attached hydrogens (tertiary/aromatic N) is 2. The molecule has 0 aromatic heterocycles. The Kier molecular flexibility index (Phi) is 5.47. The van der Waals surface area contributed by atoms with Crippen molar-refractivity contribution in [2.24, 2.45) is 4.99 Å². The van der Waals surface area contributed by atoms with E-state index in [0.29, 0.717) is 0 Å². The summed E-state index contributed by atoms with van der Waals surface area (Å²) in [5.41, 5.74) is 4.88. The van der Waals surface area contributed by atoms with E-state index >= 15 is 0 Å². The Bertz CT molecular complexity index is 731. The van der Waals surface area contributed by atoms with Crippen LogP contribution < -0.4 is 0 Å². The van der Waals surface area contributed by atoms with Crippen LogP contribution in [0.1, 0.15) is 26.3 Å². The van der Waals surface area contributed by atoms with E-state index in [1.807, 2.05) is 56.3 Å². The highest BCUT2D eigenvalue weighted by molar-refractivity contribution is 5.68. The first-order chi connectivity index (χ1) is 11.1. The minimum Gasteiger partial charge on any atom is -0.317 e. The fourth-order valence-electron chi connectivity index (χ4n) is 2.32. The fourth-order valence-corrected chi connectivity index (χ4v) is 2.32. The summed E-state index contributed by atoms with van der Waals surface area (Å²) >= 11 is 0. The molecule has 2 nitrogen and oxygen atoms in total. The highest BCUT2D eigenvalue weighted by Crippen LogP contribution is 2.29. The van der Waals surface area contributed by atoms with Crippen LogP contribution in [0.5, 0.6) is 0 Å². The molecule has 0 aliphatic carbocycles. The fraction of sp³-hybridized carbons (Fsp3) is 0.150. The van der Waals surface area contributed by atoms with Gasteiger partial charge in [0.05, 0.1) is 0 Å². The van der Waals surface area contributed by atoms with Gasteiger partial charge < -0.3 is 4.90 Å². The third kappa shape index (κ3) is 3.95. The van der Waals surface area contributed by atoms with Crippen LogP contribution in [-0.2, 0) is 0 Å². The molecule has 0 radical (unpaired) electrons. The summed E-state index contributed by atoms with van der Waals surface area (Å²) < 4.78 is 13.2. The standard InChI is InChI=1S/C20H21FN2/c1-5-20(17-9-11-19(21)12-10-17)23-14-18(8-7-16(23)4)15(3)13-22-6-2/h5-14H,4H2,1-3H3/b15-13+,20-5-,22-6?. The van der Waals surface area contributed by atoms with Crippen molar-refractivity contribution in [1.29, 1.82) is 0 Å². The Hall–Kier alpha value is -2.68. The Morgan fingerprint density at radius 3 is 2.48 bits per heavy atom. The van der Waals surface area contributed by atoms with Crippen LogP contribution >= 0.6 is 0 Å². The number of hydrogen-bond acceptors (Lipinski definition) is 2. The van der Waals surface area contributed by atoms with Crippen LogP contribution in [0.3, 0.4) is 0 Å². The zero-order valence-corrected chi connectivity index (χ0v) is 13.8. The summed E-state index contributed by atoms with van der Waals surface area (Å²) in [4.78, 5) is 6.17. The molecule has 0 bridgehead atoms. The van der Waals surface area contributed by atoms with Crippen LogP contribution in [-0.4, -0.2) is 11.1 Å². The van der Waals surface area contributed by atoms with E-state index in [0.717, 1.165) is 28.1 Å². The smallest absolute Gasteiger partial charge is 0.123 e. The van der Waals surface area contributed by atoms with Crippen molar-refractivity contribution in [3.05, 3.63) is 89.7 Å². The van der Waals surface area contributed by atoms with Crippen LogP contribution in [0, 0.1) is 5.82 Å². The van der Waals surface area contributed by atoms with Gasteiger partial charge in [-0.2, -0.15) is 0 Å². The van der Waals surface area contributed by atoms with Crippen LogP contribution in [0.4, 0.5) is 4.39 Å². The summed E-state index contributed by atoms with van der Waals surface area (Å²) in [6.07, 6.45) is 11.6. The van der Waals surface area contributed by atoms with Crippen LogP contribution in [0.2, 0.25) is 0 Å². The maximum Gasteiger partial charge on any atom is 0.123 e. The summed E-state index contributed by atoms with van der Waals surface area (Å²) in [6, 6.07) is 6.47. The topological polar surface area (TPSA) is 15.6 Å². The molecular weight excluding hydrogens is 287 g/mol. The van der Waals surface area contributed by atoms with Crippen molar-refractivity contribution in [1.82, 2.24) is 4.90 Å². The Balaban J connectivity index is 2.39. The van der Waals surface area contributed by atoms with Crippen molar-refractivity contribution in [3.63, 3.8) is 0 Å². The molecule has 0 amide bonds. The lowest BCUT2D eigenvalue weighted by Gasteiger charge is -2.28. The minimum atomic E-state index is -0.242. The van der Waals surface area contributed by atoms with Gasteiger partial charge in [-0.15, -0.1) is 0 Å². The first kappa shape index (κ1) is 16.7. The van der Waals surface area contributed by atoms with Gasteiger partial charge in [-0.05, 0) is 67.8 Å². The molecule has 1 aliphatic heterocycles. The number of hydrogen-bond donors (Lipinski definition) is 0. The van der Waals surface area contributed by atoms with Gasteiger partial charge in [0.15, 0.2) is 0 Å². The normalized spacial score (nSPS) is 16.3. The Morgan fingerprint density at radius 2 is 1.87 bits per heavy atom. The molecule has 0 N–H and O–H groups in total. The maximum absolute atomic E-state index is 13.2. The molecule has 2 rings (SSSR count). The summed E-state index contributed by atoms with van der Waals surface area (Å²) in [5, 5.41) is 0. The second kappa shape index (κ2) is 7.54. The molecule has 23 heavy (non-hydrogen) atoms. The van der Waals surface area contributed by atoms with Gasteiger partial charge >= 0.3 is 0 Å². The van der Waals surface area contributed by atoms with Gasteiger partial charge in [0, 0.05) is 30.0 Å². The van der Waals surface area contributed by atoms with Gasteiger partial charge in [-0.1, -0.05) is 18.7 Å². The third-order valence-electron chi connectivity index (χ3n) is 3.58. The molecule has 1 aromatic carbocycles. The minimum absolute atomic E-state index is 0.242. The van der Waals surface area contributed by atoms with E-state index in [4.69, 9.17) is 0 Å². The highest BCUT2D eigenvalue weighted by atomic mass is 19.1. The van der Waals surface area contributed by atoms with E-state index in [1.54, 1.807) is 18.3 Å². The average molecular weight is 308 g/mol. The van der Waals surface area contributed by atoms with Crippen molar-refractivity contribution < 1.29 is 4.39 Å². The molecule has 1 aliphatic rings. The number of rotatable bonds is 4. The number of halogens is 1. The molecule has 0 fully saturated rings. The van der Waals surface area contributed by atoms with Gasteiger partial charge in [0.2, 0.25) is 0 Å². The average Bonchev–Trinajstić information content (AvgIpc) is 2.56. The molecule has 0 unspecified atom stereocenters. The largest absolute Gasteiger partial charge is 0.317 e. The lowest BCUT2D eigenvalue weighted by Crippen LogP contribution is -2.16. The summed E-state index contributed by atoms with van der Waals surface area (Å²) in [6.45, 7) is 9.96. The van der Waals surface area contributed by atoms with E-state index in [2.05, 4.69) is 11.6 Å². The van der Waals surface area contributed by atoms with Crippen molar-refractivity contribution >= 4 is 11.9 Å². The number of allylic oxidation sites excluding steroid dienone is 5. The van der Waals surface area contributed by atoms with Gasteiger partial charge in [-0.3, -0.25) is 4.99 Å². The first-order valence-corrected chi connectivity index (χ1v) is 7.52. The van der Waals surface area contributed by atoms with Crippen molar-refractivity contribution in [2.45, 2.75) is 20.8 Å². The molecule has 1 aromatic rings. The van der Waals surface area contributed by atoms with Gasteiger partial charge in [-0.25, -0.2) is 4.39 Å². The monoisotopic (exact) mass is 308 g/mol. The molecule has 3 heteroatoms.